The van der Waals surface area contributed by atoms with Gasteiger partial charge in [0.2, 0.25) is 5.91 Å². The van der Waals surface area contributed by atoms with Gasteiger partial charge in [-0.05, 0) is 55.9 Å². The molecule has 4 aromatic rings. The third-order valence-corrected chi connectivity index (χ3v) is 10.0. The largest absolute Gasteiger partial charge is 0.434 e. The number of aromatic nitrogens is 5. The molecule has 3 aromatic heterocycles. The van der Waals surface area contributed by atoms with Crippen LogP contribution in [-0.2, 0) is 11.3 Å². The Morgan fingerprint density at radius 1 is 1.10 bits per heavy atom. The molecule has 0 atom stereocenters. The number of benzene rings is 1. The number of anilines is 1. The lowest BCUT2D eigenvalue weighted by Gasteiger charge is -2.36. The molecule has 6 rings (SSSR count). The Labute approximate surface area is 283 Å². The highest BCUT2D eigenvalue weighted by molar-refractivity contribution is 8.00. The van der Waals surface area contributed by atoms with Crippen LogP contribution in [0.15, 0.2) is 53.9 Å². The van der Waals surface area contributed by atoms with Crippen LogP contribution in [0.1, 0.15) is 62.7 Å². The van der Waals surface area contributed by atoms with Crippen molar-refractivity contribution in [2.24, 2.45) is 5.92 Å². The van der Waals surface area contributed by atoms with Gasteiger partial charge in [-0.15, -0.1) is 11.8 Å². The van der Waals surface area contributed by atoms with E-state index in [-0.39, 0.29) is 35.1 Å². The zero-order valence-corrected chi connectivity index (χ0v) is 28.2. The Morgan fingerprint density at radius 2 is 1.88 bits per heavy atom. The second-order valence-electron chi connectivity index (χ2n) is 12.5. The molecule has 2 aliphatic rings. The maximum atomic E-state index is 13.5. The number of carbonyl (C=O) groups excluding carboxylic acids is 2. The molecule has 0 unspecified atom stereocenters. The molecule has 0 spiro atoms. The van der Waals surface area contributed by atoms with E-state index in [0.717, 1.165) is 37.4 Å². The molecule has 4 heterocycles. The molecule has 1 aromatic carbocycles. The number of carbonyl (C=O) groups is 2. The molecule has 2 amide bonds. The number of rotatable bonds is 15. The molecule has 14 heteroatoms. The standard InChI is InChI=1S/C34H42F2N8O3S/c1-3-6-23(7-4-2)20-41-14-16-42(17-15-41)30(45)22-43-21-28(39-33(46)27-19-38-44-13-5-12-37-32(27)44)31(40-43)26-18-25(48-24-8-9-24)10-11-29(26)47-34(35)36/h5,10-13,18-19,21,23-24,34H,3-4,6-9,14-17,20,22H2,1-2H3,(H,39,46). The van der Waals surface area contributed by atoms with Crippen LogP contribution in [0.2, 0.25) is 0 Å². The van der Waals surface area contributed by atoms with Crippen LogP contribution in [-0.4, -0.2) is 90.6 Å². The fourth-order valence-corrected chi connectivity index (χ4v) is 7.33. The number of thioether (sulfide) groups is 1. The van der Waals surface area contributed by atoms with Crippen molar-refractivity contribution < 1.29 is 23.1 Å². The lowest BCUT2D eigenvalue weighted by molar-refractivity contribution is -0.133. The van der Waals surface area contributed by atoms with E-state index in [4.69, 9.17) is 4.74 Å². The first kappa shape index (κ1) is 33.8. The molecule has 2 fully saturated rings. The van der Waals surface area contributed by atoms with Gasteiger partial charge >= 0.3 is 6.61 Å². The van der Waals surface area contributed by atoms with E-state index < -0.39 is 12.5 Å². The molecule has 1 N–H and O–H groups in total. The summed E-state index contributed by atoms with van der Waals surface area (Å²) in [6.07, 6.45) is 13.2. The van der Waals surface area contributed by atoms with Crippen molar-refractivity contribution in [3.05, 3.63) is 54.6 Å². The molecule has 1 saturated heterocycles. The topological polar surface area (TPSA) is 110 Å². The number of nitrogens with one attached hydrogen (secondary N) is 1. The van der Waals surface area contributed by atoms with Gasteiger partial charge in [0.25, 0.3) is 5.91 Å². The fourth-order valence-electron chi connectivity index (χ4n) is 6.24. The number of piperazine rings is 1. The van der Waals surface area contributed by atoms with Crippen LogP contribution in [0, 0.1) is 5.92 Å². The summed E-state index contributed by atoms with van der Waals surface area (Å²) in [5, 5.41) is 12.2. The summed E-state index contributed by atoms with van der Waals surface area (Å²) in [7, 11) is 0. The van der Waals surface area contributed by atoms with Crippen molar-refractivity contribution in [3.8, 4) is 17.0 Å². The number of hydrogen-bond acceptors (Lipinski definition) is 8. The molecule has 1 saturated carbocycles. The van der Waals surface area contributed by atoms with Gasteiger partial charge in [-0.2, -0.15) is 19.0 Å². The van der Waals surface area contributed by atoms with Crippen LogP contribution in [0.25, 0.3) is 16.9 Å². The van der Waals surface area contributed by atoms with E-state index in [9.17, 15) is 18.4 Å². The van der Waals surface area contributed by atoms with Gasteiger partial charge in [0.1, 0.15) is 23.6 Å². The van der Waals surface area contributed by atoms with Crippen LogP contribution < -0.4 is 10.1 Å². The Morgan fingerprint density at radius 3 is 2.58 bits per heavy atom. The number of alkyl halides is 2. The average Bonchev–Trinajstić information content (AvgIpc) is 3.64. The number of halogens is 2. The van der Waals surface area contributed by atoms with E-state index >= 15 is 0 Å². The summed E-state index contributed by atoms with van der Waals surface area (Å²) in [4.78, 5) is 36.5. The molecule has 1 aliphatic heterocycles. The monoisotopic (exact) mass is 680 g/mol. The highest BCUT2D eigenvalue weighted by Crippen LogP contribution is 2.43. The van der Waals surface area contributed by atoms with E-state index in [1.54, 1.807) is 48.6 Å². The van der Waals surface area contributed by atoms with Crippen molar-refractivity contribution in [3.63, 3.8) is 0 Å². The first-order chi connectivity index (χ1) is 23.3. The first-order valence-electron chi connectivity index (χ1n) is 16.7. The van der Waals surface area contributed by atoms with E-state index in [1.807, 2.05) is 4.90 Å². The molecule has 0 bridgehead atoms. The number of nitrogens with zero attached hydrogens (tertiary/aromatic N) is 7. The van der Waals surface area contributed by atoms with Gasteiger partial charge in [-0.25, -0.2) is 9.50 Å². The number of hydrogen-bond donors (Lipinski definition) is 1. The van der Waals surface area contributed by atoms with Gasteiger partial charge in [0, 0.05) is 67.0 Å². The zero-order chi connectivity index (χ0) is 33.6. The summed E-state index contributed by atoms with van der Waals surface area (Å²) in [5.41, 5.74) is 1.35. The Kier molecular flexibility index (Phi) is 10.9. The predicted molar refractivity (Wildman–Crippen MR) is 180 cm³/mol. The summed E-state index contributed by atoms with van der Waals surface area (Å²) in [5.74, 6) is -0.00383. The maximum Gasteiger partial charge on any atom is 0.387 e. The summed E-state index contributed by atoms with van der Waals surface area (Å²) in [6.45, 7) is 5.25. The van der Waals surface area contributed by atoms with E-state index in [2.05, 4.69) is 39.2 Å². The number of fused-ring (bicyclic) bond motifs is 1. The third-order valence-electron chi connectivity index (χ3n) is 8.72. The molecule has 11 nitrogen and oxygen atoms in total. The van der Waals surface area contributed by atoms with Crippen molar-refractivity contribution in [2.45, 2.75) is 75.7 Å². The number of amides is 2. The first-order valence-corrected chi connectivity index (χ1v) is 17.6. The van der Waals surface area contributed by atoms with Crippen molar-refractivity contribution in [1.29, 1.82) is 0 Å². The fraction of sp³-hybridized carbons (Fsp3) is 0.500. The highest BCUT2D eigenvalue weighted by atomic mass is 32.2. The van der Waals surface area contributed by atoms with Crippen LogP contribution in [0.3, 0.4) is 0 Å². The smallest absolute Gasteiger partial charge is 0.387 e. The molecular weight excluding hydrogens is 638 g/mol. The van der Waals surface area contributed by atoms with E-state index in [0.29, 0.717) is 35.5 Å². The van der Waals surface area contributed by atoms with E-state index in [1.165, 1.54) is 47.1 Å². The minimum Gasteiger partial charge on any atom is -0.434 e. The Balaban J connectivity index is 1.24. The van der Waals surface area contributed by atoms with Gasteiger partial charge in [-0.3, -0.25) is 19.2 Å². The van der Waals surface area contributed by atoms with Crippen LogP contribution in [0.4, 0.5) is 14.5 Å². The lowest BCUT2D eigenvalue weighted by Crippen LogP contribution is -2.50. The van der Waals surface area contributed by atoms with Crippen LogP contribution >= 0.6 is 11.8 Å². The zero-order valence-electron chi connectivity index (χ0n) is 27.4. The van der Waals surface area contributed by atoms with Crippen molar-refractivity contribution >= 4 is 34.9 Å². The van der Waals surface area contributed by atoms with Gasteiger partial charge in [-0.1, -0.05) is 26.7 Å². The highest BCUT2D eigenvalue weighted by Gasteiger charge is 2.27. The number of ether oxygens (including phenoxy) is 1. The quantitative estimate of drug-likeness (QED) is 0.161. The maximum absolute atomic E-state index is 13.5. The van der Waals surface area contributed by atoms with Crippen LogP contribution in [0.5, 0.6) is 5.75 Å². The molecular formula is C34H42F2N8O3S. The van der Waals surface area contributed by atoms with Gasteiger partial charge in [0.15, 0.2) is 5.65 Å². The summed E-state index contributed by atoms with van der Waals surface area (Å²) < 4.78 is 34.9. The van der Waals surface area contributed by atoms with Gasteiger partial charge in [0.05, 0.1) is 11.9 Å². The minimum atomic E-state index is -3.06. The molecule has 0 radical (unpaired) electrons. The summed E-state index contributed by atoms with van der Waals surface area (Å²) >= 11 is 1.66. The lowest BCUT2D eigenvalue weighted by atomic mass is 9.97. The SMILES string of the molecule is CCCC(CCC)CN1CCN(C(=O)Cn2cc(NC(=O)c3cnn4cccnc34)c(-c3cc(SC4CC4)ccc3OC(F)F)n2)CC1. The predicted octanol–water partition coefficient (Wildman–Crippen LogP) is 6.06. The normalized spacial score (nSPS) is 15.5. The minimum absolute atomic E-state index is 0.0724. The average molecular weight is 681 g/mol. The molecule has 1 aliphatic carbocycles. The Bertz CT molecular complexity index is 1710. The second-order valence-corrected chi connectivity index (χ2v) is 13.8. The molecule has 48 heavy (non-hydrogen) atoms. The summed E-state index contributed by atoms with van der Waals surface area (Å²) in [6, 6.07) is 6.71. The van der Waals surface area contributed by atoms with Crippen molar-refractivity contribution in [1.82, 2.24) is 34.2 Å². The third kappa shape index (κ3) is 8.32. The Hall–Kier alpha value is -4.04. The van der Waals surface area contributed by atoms with Crippen molar-refractivity contribution in [2.75, 3.05) is 38.0 Å². The van der Waals surface area contributed by atoms with Gasteiger partial charge < -0.3 is 15.0 Å². The second kappa shape index (κ2) is 15.5. The molecule has 256 valence electrons.